The summed E-state index contributed by atoms with van der Waals surface area (Å²) in [6, 6.07) is 7.97. The van der Waals surface area contributed by atoms with Crippen LogP contribution in [-0.2, 0) is 0 Å². The molecule has 0 N–H and O–H groups in total. The smallest absolute Gasteiger partial charge is 0.0630 e. The van der Waals surface area contributed by atoms with Crippen molar-refractivity contribution in [3.8, 4) is 0 Å². The van der Waals surface area contributed by atoms with Gasteiger partial charge in [0.05, 0.1) is 5.69 Å². The predicted octanol–water partition coefficient (Wildman–Crippen LogP) is 4.04. The highest BCUT2D eigenvalue weighted by molar-refractivity contribution is 9.10. The van der Waals surface area contributed by atoms with Crippen molar-refractivity contribution in [2.24, 2.45) is 4.99 Å². The number of aliphatic imine (C=N–C) groups is 1. The fourth-order valence-electron chi connectivity index (χ4n) is 1.24. The molecule has 0 aliphatic heterocycles. The first-order valence-corrected chi connectivity index (χ1v) is 5.29. The van der Waals surface area contributed by atoms with Crippen LogP contribution in [-0.4, -0.2) is 6.21 Å². The molecule has 0 spiro atoms. The molecule has 1 aromatic carbocycles. The summed E-state index contributed by atoms with van der Waals surface area (Å²) in [5.41, 5.74) is 2.24. The number of halogens is 1. The summed E-state index contributed by atoms with van der Waals surface area (Å²) >= 11 is 3.39. The zero-order valence-corrected chi connectivity index (χ0v) is 9.24. The van der Waals surface area contributed by atoms with Crippen molar-refractivity contribution in [1.29, 1.82) is 0 Å². The second-order valence-electron chi connectivity index (χ2n) is 3.11. The summed E-state index contributed by atoms with van der Waals surface area (Å²) < 4.78 is 1.08. The Morgan fingerprint density at radius 3 is 2.64 bits per heavy atom. The predicted molar refractivity (Wildman–Crippen MR) is 64.1 cm³/mol. The van der Waals surface area contributed by atoms with Crippen LogP contribution in [0.1, 0.15) is 6.42 Å². The minimum Gasteiger partial charge on any atom is -0.257 e. The largest absolute Gasteiger partial charge is 0.257 e. The van der Waals surface area contributed by atoms with Crippen LogP contribution in [0.3, 0.4) is 0 Å². The average Bonchev–Trinajstić information content (AvgIpc) is 2.70. The Morgan fingerprint density at radius 2 is 2.00 bits per heavy atom. The van der Waals surface area contributed by atoms with Gasteiger partial charge in [0.2, 0.25) is 0 Å². The Morgan fingerprint density at radius 1 is 1.21 bits per heavy atom. The second-order valence-corrected chi connectivity index (χ2v) is 4.02. The highest BCUT2D eigenvalue weighted by atomic mass is 79.9. The van der Waals surface area contributed by atoms with E-state index in [9.17, 15) is 0 Å². The van der Waals surface area contributed by atoms with E-state index in [2.05, 4.69) is 39.2 Å². The molecule has 1 aromatic rings. The minimum atomic E-state index is 0.987. The van der Waals surface area contributed by atoms with Gasteiger partial charge in [-0.3, -0.25) is 4.99 Å². The maximum absolute atomic E-state index is 4.38. The number of hydrogen-bond donors (Lipinski definition) is 0. The molecular weight excluding hydrogens is 238 g/mol. The molecule has 0 bridgehead atoms. The molecule has 2 rings (SSSR count). The van der Waals surface area contributed by atoms with E-state index in [0.29, 0.717) is 0 Å². The number of allylic oxidation sites excluding steroid dienone is 4. The van der Waals surface area contributed by atoms with Gasteiger partial charge in [0.1, 0.15) is 0 Å². The Bertz CT molecular complexity index is 399. The van der Waals surface area contributed by atoms with Gasteiger partial charge in [0.15, 0.2) is 0 Å². The van der Waals surface area contributed by atoms with E-state index in [0.717, 1.165) is 16.6 Å². The number of nitrogens with zero attached hydrogens (tertiary/aromatic N) is 1. The van der Waals surface area contributed by atoms with Crippen molar-refractivity contribution in [2.75, 3.05) is 0 Å². The monoisotopic (exact) mass is 247 g/mol. The Labute approximate surface area is 92.0 Å². The van der Waals surface area contributed by atoms with Gasteiger partial charge in [-0.2, -0.15) is 0 Å². The molecule has 14 heavy (non-hydrogen) atoms. The van der Waals surface area contributed by atoms with E-state index in [1.54, 1.807) is 0 Å². The third-order valence-electron chi connectivity index (χ3n) is 2.01. The van der Waals surface area contributed by atoms with E-state index in [1.165, 1.54) is 5.57 Å². The molecule has 0 heterocycles. The van der Waals surface area contributed by atoms with Crippen LogP contribution in [0, 0.1) is 0 Å². The third-order valence-corrected chi connectivity index (χ3v) is 2.53. The van der Waals surface area contributed by atoms with Gasteiger partial charge in [-0.05, 0) is 36.3 Å². The third kappa shape index (κ3) is 2.42. The van der Waals surface area contributed by atoms with Crippen LogP contribution in [0.2, 0.25) is 0 Å². The van der Waals surface area contributed by atoms with Crippen LogP contribution in [0.25, 0.3) is 0 Å². The molecule has 70 valence electrons. The van der Waals surface area contributed by atoms with Crippen LogP contribution in [0.4, 0.5) is 5.69 Å². The topological polar surface area (TPSA) is 12.4 Å². The molecule has 0 saturated heterocycles. The zero-order valence-electron chi connectivity index (χ0n) is 7.65. The van der Waals surface area contributed by atoms with E-state index in [4.69, 9.17) is 0 Å². The van der Waals surface area contributed by atoms with E-state index in [1.807, 2.05) is 30.5 Å². The zero-order chi connectivity index (χ0) is 9.80. The molecule has 0 fully saturated rings. The highest BCUT2D eigenvalue weighted by Gasteiger charge is 1.94. The van der Waals surface area contributed by atoms with Crippen molar-refractivity contribution in [3.05, 3.63) is 52.5 Å². The van der Waals surface area contributed by atoms with Gasteiger partial charge in [-0.1, -0.05) is 34.2 Å². The van der Waals surface area contributed by atoms with Crippen molar-refractivity contribution in [3.63, 3.8) is 0 Å². The Hall–Kier alpha value is -1.15. The number of benzene rings is 1. The lowest BCUT2D eigenvalue weighted by Gasteiger charge is -1.94. The quantitative estimate of drug-likeness (QED) is 0.700. The lowest BCUT2D eigenvalue weighted by molar-refractivity contribution is 1.37. The van der Waals surface area contributed by atoms with Crippen LogP contribution in [0.15, 0.2) is 57.5 Å². The number of rotatable bonds is 2. The Kier molecular flexibility index (Phi) is 2.94. The highest BCUT2D eigenvalue weighted by Crippen LogP contribution is 2.17. The molecule has 2 heteroatoms. The molecule has 0 unspecified atom stereocenters. The molecule has 0 amide bonds. The first kappa shape index (κ1) is 9.41. The van der Waals surface area contributed by atoms with Crippen molar-refractivity contribution in [1.82, 2.24) is 0 Å². The molecule has 0 aromatic heterocycles. The maximum atomic E-state index is 4.38. The first-order valence-electron chi connectivity index (χ1n) is 4.50. The van der Waals surface area contributed by atoms with Crippen molar-refractivity contribution >= 4 is 27.8 Å². The maximum Gasteiger partial charge on any atom is 0.0630 e. The van der Waals surface area contributed by atoms with Gasteiger partial charge in [0.25, 0.3) is 0 Å². The molecule has 0 saturated carbocycles. The van der Waals surface area contributed by atoms with Crippen LogP contribution >= 0.6 is 15.9 Å². The Balaban J connectivity index is 2.07. The number of hydrogen-bond acceptors (Lipinski definition) is 1. The summed E-state index contributed by atoms with van der Waals surface area (Å²) in [7, 11) is 0. The minimum absolute atomic E-state index is 0.987. The molecule has 0 radical (unpaired) electrons. The van der Waals surface area contributed by atoms with Gasteiger partial charge < -0.3 is 0 Å². The SMILES string of the molecule is Brc1ccc(N=CC2=CC=CC2)cc1. The van der Waals surface area contributed by atoms with Crippen molar-refractivity contribution in [2.45, 2.75) is 6.42 Å². The molecule has 0 atom stereocenters. The summed E-state index contributed by atoms with van der Waals surface area (Å²) in [5.74, 6) is 0. The standard InChI is InChI=1S/C12H10BrN/c13-11-5-7-12(8-6-11)14-9-10-3-1-2-4-10/h1-3,5-9H,4H2. The fourth-order valence-corrected chi connectivity index (χ4v) is 1.51. The van der Waals surface area contributed by atoms with Crippen LogP contribution in [0.5, 0.6) is 0 Å². The lowest BCUT2D eigenvalue weighted by atomic mass is 10.2. The summed E-state index contributed by atoms with van der Waals surface area (Å²) in [6.07, 6.45) is 9.19. The molecule has 1 aliphatic rings. The first-order chi connectivity index (χ1) is 6.84. The van der Waals surface area contributed by atoms with E-state index in [-0.39, 0.29) is 0 Å². The van der Waals surface area contributed by atoms with Crippen LogP contribution < -0.4 is 0 Å². The van der Waals surface area contributed by atoms with Crippen molar-refractivity contribution < 1.29 is 0 Å². The van der Waals surface area contributed by atoms with Gasteiger partial charge in [0, 0.05) is 10.7 Å². The average molecular weight is 248 g/mol. The second kappa shape index (κ2) is 4.38. The van der Waals surface area contributed by atoms with E-state index >= 15 is 0 Å². The molecule has 1 aliphatic carbocycles. The lowest BCUT2D eigenvalue weighted by Crippen LogP contribution is -1.77. The summed E-state index contributed by atoms with van der Waals surface area (Å²) in [4.78, 5) is 4.38. The van der Waals surface area contributed by atoms with Gasteiger partial charge in [-0.25, -0.2) is 0 Å². The molecule has 1 nitrogen and oxygen atoms in total. The van der Waals surface area contributed by atoms with E-state index < -0.39 is 0 Å². The summed E-state index contributed by atoms with van der Waals surface area (Å²) in [5, 5.41) is 0. The normalized spacial score (nSPS) is 15.1. The van der Waals surface area contributed by atoms with Gasteiger partial charge >= 0.3 is 0 Å². The summed E-state index contributed by atoms with van der Waals surface area (Å²) in [6.45, 7) is 0. The molecular formula is C12H10BrN. The fraction of sp³-hybridized carbons (Fsp3) is 0.0833. The van der Waals surface area contributed by atoms with Gasteiger partial charge in [-0.15, -0.1) is 0 Å².